The molecule has 0 heterocycles. The molecule has 0 bridgehead atoms. The first-order valence-electron chi connectivity index (χ1n) is 5.97. The van der Waals surface area contributed by atoms with Gasteiger partial charge < -0.3 is 0 Å². The van der Waals surface area contributed by atoms with Crippen LogP contribution >= 0.6 is 23.2 Å². The summed E-state index contributed by atoms with van der Waals surface area (Å²) in [5, 5.41) is 0.553. The van der Waals surface area contributed by atoms with Crippen molar-refractivity contribution in [3.05, 3.63) is 34.9 Å². The van der Waals surface area contributed by atoms with E-state index in [4.69, 9.17) is 23.2 Å². The van der Waals surface area contributed by atoms with Crippen LogP contribution in [0.1, 0.15) is 44.1 Å². The standard InChI is InChI=1S/C14H16Cl2O/c1-14(13(16)17)8-2-3-11(9-14)10-4-6-12(15)7-5-10/h4-7,11H,2-3,8-9H2,1H3. The van der Waals surface area contributed by atoms with Gasteiger partial charge in [-0.05, 0) is 54.5 Å². The highest BCUT2D eigenvalue weighted by molar-refractivity contribution is 6.64. The van der Waals surface area contributed by atoms with Crippen molar-refractivity contribution >= 4 is 28.4 Å². The first kappa shape index (κ1) is 12.9. The Morgan fingerprint density at radius 3 is 2.59 bits per heavy atom. The third-order valence-corrected chi connectivity index (χ3v) is 4.50. The van der Waals surface area contributed by atoms with E-state index in [0.717, 1.165) is 30.7 Å². The maximum absolute atomic E-state index is 11.5. The van der Waals surface area contributed by atoms with Gasteiger partial charge in [0.25, 0.3) is 0 Å². The second-order valence-electron chi connectivity index (χ2n) is 5.18. The van der Waals surface area contributed by atoms with Crippen LogP contribution in [0.25, 0.3) is 0 Å². The number of hydrogen-bond donors (Lipinski definition) is 0. The van der Waals surface area contributed by atoms with Crippen molar-refractivity contribution in [2.24, 2.45) is 5.41 Å². The molecule has 0 saturated heterocycles. The van der Waals surface area contributed by atoms with Gasteiger partial charge in [0.1, 0.15) is 0 Å². The van der Waals surface area contributed by atoms with Crippen molar-refractivity contribution in [2.45, 2.75) is 38.5 Å². The second-order valence-corrected chi connectivity index (χ2v) is 5.96. The Morgan fingerprint density at radius 2 is 2.00 bits per heavy atom. The number of carbonyl (C=O) groups is 1. The largest absolute Gasteiger partial charge is 0.281 e. The number of halogens is 2. The first-order valence-corrected chi connectivity index (χ1v) is 6.72. The number of rotatable bonds is 2. The third kappa shape index (κ3) is 2.83. The molecule has 0 amide bonds. The van der Waals surface area contributed by atoms with Crippen molar-refractivity contribution in [1.82, 2.24) is 0 Å². The van der Waals surface area contributed by atoms with Crippen molar-refractivity contribution in [2.75, 3.05) is 0 Å². The van der Waals surface area contributed by atoms with Crippen LogP contribution in [0.3, 0.4) is 0 Å². The van der Waals surface area contributed by atoms with Gasteiger partial charge in [0.2, 0.25) is 5.24 Å². The molecule has 0 N–H and O–H groups in total. The van der Waals surface area contributed by atoms with E-state index in [1.807, 2.05) is 19.1 Å². The molecule has 1 fully saturated rings. The van der Waals surface area contributed by atoms with Gasteiger partial charge in [-0.1, -0.05) is 37.1 Å². The van der Waals surface area contributed by atoms with Crippen LogP contribution in [-0.2, 0) is 4.79 Å². The molecule has 17 heavy (non-hydrogen) atoms. The maximum Gasteiger partial charge on any atom is 0.227 e. The monoisotopic (exact) mass is 270 g/mol. The molecule has 1 aromatic carbocycles. The predicted octanol–water partition coefficient (Wildman–Crippen LogP) is 4.77. The summed E-state index contributed by atoms with van der Waals surface area (Å²) in [6, 6.07) is 7.92. The van der Waals surface area contributed by atoms with Gasteiger partial charge in [0, 0.05) is 10.4 Å². The fourth-order valence-corrected chi connectivity index (χ4v) is 2.98. The summed E-state index contributed by atoms with van der Waals surface area (Å²) in [5.74, 6) is 0.425. The molecule has 1 aliphatic rings. The highest BCUT2D eigenvalue weighted by Gasteiger charge is 2.37. The van der Waals surface area contributed by atoms with Crippen molar-refractivity contribution in [1.29, 1.82) is 0 Å². The van der Waals surface area contributed by atoms with Gasteiger partial charge >= 0.3 is 0 Å². The molecule has 0 radical (unpaired) electrons. The number of benzene rings is 1. The lowest BCUT2D eigenvalue weighted by Crippen LogP contribution is -2.30. The second kappa shape index (κ2) is 4.99. The fraction of sp³-hybridized carbons (Fsp3) is 0.500. The van der Waals surface area contributed by atoms with Crippen molar-refractivity contribution in [3.63, 3.8) is 0 Å². The Labute approximate surface area is 112 Å². The summed E-state index contributed by atoms with van der Waals surface area (Å²) in [6.07, 6.45) is 3.93. The van der Waals surface area contributed by atoms with E-state index in [1.54, 1.807) is 0 Å². The maximum atomic E-state index is 11.5. The molecule has 1 saturated carbocycles. The van der Waals surface area contributed by atoms with Gasteiger partial charge in [-0.15, -0.1) is 0 Å². The van der Waals surface area contributed by atoms with Gasteiger partial charge in [0.05, 0.1) is 0 Å². The molecule has 0 spiro atoms. The van der Waals surface area contributed by atoms with Crippen molar-refractivity contribution < 1.29 is 4.79 Å². The Hall–Kier alpha value is -0.530. The molecule has 0 aromatic heterocycles. The topological polar surface area (TPSA) is 17.1 Å². The van der Waals surface area contributed by atoms with Crippen LogP contribution in [0.5, 0.6) is 0 Å². The highest BCUT2D eigenvalue weighted by atomic mass is 35.5. The lowest BCUT2D eigenvalue weighted by Gasteiger charge is -2.35. The van der Waals surface area contributed by atoms with Gasteiger partial charge in [-0.2, -0.15) is 0 Å². The number of carbonyl (C=O) groups excluding carboxylic acids is 1. The normalized spacial score (nSPS) is 29.0. The molecule has 1 nitrogen and oxygen atoms in total. The van der Waals surface area contributed by atoms with E-state index in [9.17, 15) is 4.79 Å². The van der Waals surface area contributed by atoms with E-state index in [2.05, 4.69) is 12.1 Å². The smallest absolute Gasteiger partial charge is 0.227 e. The van der Waals surface area contributed by atoms with Crippen LogP contribution in [0.2, 0.25) is 5.02 Å². The van der Waals surface area contributed by atoms with E-state index in [1.165, 1.54) is 5.56 Å². The summed E-state index contributed by atoms with van der Waals surface area (Å²) in [7, 11) is 0. The third-order valence-electron chi connectivity index (χ3n) is 3.79. The molecular formula is C14H16Cl2O. The lowest BCUT2D eigenvalue weighted by atomic mass is 9.70. The van der Waals surface area contributed by atoms with Crippen LogP contribution in [0.15, 0.2) is 24.3 Å². The van der Waals surface area contributed by atoms with Crippen LogP contribution in [0, 0.1) is 5.41 Å². The van der Waals surface area contributed by atoms with E-state index in [-0.39, 0.29) is 10.7 Å². The summed E-state index contributed by atoms with van der Waals surface area (Å²) in [6.45, 7) is 1.98. The molecule has 1 aliphatic carbocycles. The summed E-state index contributed by atoms with van der Waals surface area (Å²) < 4.78 is 0. The minimum absolute atomic E-state index is 0.198. The van der Waals surface area contributed by atoms with Crippen LogP contribution in [0.4, 0.5) is 0 Å². The van der Waals surface area contributed by atoms with Gasteiger partial charge in [0.15, 0.2) is 0 Å². The van der Waals surface area contributed by atoms with Crippen molar-refractivity contribution in [3.8, 4) is 0 Å². The highest BCUT2D eigenvalue weighted by Crippen LogP contribution is 2.45. The average Bonchev–Trinajstić information content (AvgIpc) is 2.30. The Morgan fingerprint density at radius 1 is 1.35 bits per heavy atom. The average molecular weight is 271 g/mol. The Bertz CT molecular complexity index is 413. The SMILES string of the molecule is CC1(C(=O)Cl)CCCC(c2ccc(Cl)cc2)C1. The molecule has 2 unspecified atom stereocenters. The first-order chi connectivity index (χ1) is 8.01. The zero-order valence-corrected chi connectivity index (χ0v) is 11.4. The summed E-state index contributed by atoms with van der Waals surface area (Å²) in [5.41, 5.74) is 0.905. The zero-order valence-electron chi connectivity index (χ0n) is 9.88. The summed E-state index contributed by atoms with van der Waals surface area (Å²) >= 11 is 11.6. The minimum Gasteiger partial charge on any atom is -0.281 e. The van der Waals surface area contributed by atoms with E-state index in [0.29, 0.717) is 5.92 Å². The van der Waals surface area contributed by atoms with Crippen LogP contribution in [-0.4, -0.2) is 5.24 Å². The van der Waals surface area contributed by atoms with E-state index < -0.39 is 0 Å². The fourth-order valence-electron chi connectivity index (χ4n) is 2.68. The van der Waals surface area contributed by atoms with E-state index >= 15 is 0 Å². The molecule has 2 rings (SSSR count). The Kier molecular flexibility index (Phi) is 3.79. The summed E-state index contributed by atoms with van der Waals surface area (Å²) in [4.78, 5) is 11.5. The molecular weight excluding hydrogens is 255 g/mol. The zero-order chi connectivity index (χ0) is 12.5. The molecule has 0 aliphatic heterocycles. The van der Waals surface area contributed by atoms with Crippen LogP contribution < -0.4 is 0 Å². The molecule has 1 aromatic rings. The molecule has 3 heteroatoms. The van der Waals surface area contributed by atoms with Gasteiger partial charge in [-0.3, -0.25) is 4.79 Å². The Balaban J connectivity index is 2.17. The number of hydrogen-bond acceptors (Lipinski definition) is 1. The molecule has 2 atom stereocenters. The molecule has 92 valence electrons. The minimum atomic E-state index is -0.357. The van der Waals surface area contributed by atoms with Gasteiger partial charge in [-0.25, -0.2) is 0 Å². The quantitative estimate of drug-likeness (QED) is 0.708. The predicted molar refractivity (Wildman–Crippen MR) is 71.6 cm³/mol. The lowest BCUT2D eigenvalue weighted by molar-refractivity contribution is -0.121.